The Morgan fingerprint density at radius 1 is 1.33 bits per heavy atom. The maximum absolute atomic E-state index is 12.4. The molecule has 1 aromatic rings. The third-order valence-electron chi connectivity index (χ3n) is 1.54. The average molecular weight is 185 g/mol. The summed E-state index contributed by atoms with van der Waals surface area (Å²) in [6, 6.07) is 5.86. The molecule has 1 unspecified atom stereocenters. The van der Waals surface area contributed by atoms with Crippen molar-refractivity contribution in [1.29, 1.82) is 0 Å². The molecule has 0 fully saturated rings. The summed E-state index contributed by atoms with van der Waals surface area (Å²) in [5.41, 5.74) is 0. The van der Waals surface area contributed by atoms with Crippen LogP contribution in [0.15, 0.2) is 24.3 Å². The molecule has 1 atom stereocenters. The Kier molecular flexibility index (Phi) is 3.36. The molecule has 0 spiro atoms. The highest BCUT2D eigenvalue weighted by atomic mass is 31.1. The van der Waals surface area contributed by atoms with Crippen LogP contribution in [0.5, 0.6) is 0 Å². The van der Waals surface area contributed by atoms with Crippen LogP contribution in [0, 0.1) is 5.82 Å². The highest BCUT2D eigenvalue weighted by Crippen LogP contribution is 2.20. The highest BCUT2D eigenvalue weighted by molar-refractivity contribution is 7.53. The molecule has 0 bridgehead atoms. The molecule has 1 rings (SSSR count). The van der Waals surface area contributed by atoms with Crippen LogP contribution in [0.1, 0.15) is 13.3 Å². The summed E-state index contributed by atoms with van der Waals surface area (Å²) in [6.45, 7) is 1.98. The second-order valence-corrected chi connectivity index (χ2v) is 4.30. The molecule has 0 aromatic heterocycles. The van der Waals surface area contributed by atoms with E-state index in [4.69, 9.17) is 0 Å². The van der Waals surface area contributed by atoms with Gasteiger partial charge in [-0.05, 0) is 30.7 Å². The highest BCUT2D eigenvalue weighted by Gasteiger charge is 2.02. The largest absolute Gasteiger partial charge is 0.282 e. The summed E-state index contributed by atoms with van der Waals surface area (Å²) in [5, 5.41) is 0.744. The fourth-order valence-electron chi connectivity index (χ4n) is 0.940. The van der Waals surface area contributed by atoms with E-state index in [0.717, 1.165) is 11.7 Å². The Balaban J connectivity index is 2.75. The van der Waals surface area contributed by atoms with E-state index < -0.39 is 7.80 Å². The summed E-state index contributed by atoms with van der Waals surface area (Å²) >= 11 is 0. The van der Waals surface area contributed by atoms with Crippen molar-refractivity contribution >= 4 is 13.1 Å². The average Bonchev–Trinajstić information content (AvgIpc) is 2.06. The molecular formula is C9H11FOP. The van der Waals surface area contributed by atoms with E-state index in [0.29, 0.717) is 6.16 Å². The molecule has 1 aromatic carbocycles. The van der Waals surface area contributed by atoms with E-state index in [9.17, 15) is 8.96 Å². The number of hydrogen-bond acceptors (Lipinski definition) is 1. The first-order valence-corrected chi connectivity index (χ1v) is 5.38. The van der Waals surface area contributed by atoms with Crippen molar-refractivity contribution in [3.05, 3.63) is 30.1 Å². The number of hydrogen-bond donors (Lipinski definition) is 0. The third-order valence-corrected chi connectivity index (χ3v) is 3.27. The Morgan fingerprint density at radius 3 is 2.42 bits per heavy atom. The van der Waals surface area contributed by atoms with Gasteiger partial charge in [0.25, 0.3) is 0 Å². The lowest BCUT2D eigenvalue weighted by Crippen LogP contribution is -1.97. The predicted octanol–water partition coefficient (Wildman–Crippen LogP) is 2.69. The minimum atomic E-state index is -1.30. The van der Waals surface area contributed by atoms with Gasteiger partial charge in [-0.1, -0.05) is 6.92 Å². The van der Waals surface area contributed by atoms with Crippen LogP contribution in [-0.2, 0) is 4.57 Å². The van der Waals surface area contributed by atoms with Crippen molar-refractivity contribution in [1.82, 2.24) is 0 Å². The zero-order chi connectivity index (χ0) is 8.97. The summed E-state index contributed by atoms with van der Waals surface area (Å²) in [4.78, 5) is 0. The second-order valence-electron chi connectivity index (χ2n) is 2.58. The molecule has 0 N–H and O–H groups in total. The maximum Gasteiger partial charge on any atom is 0.123 e. The topological polar surface area (TPSA) is 17.1 Å². The van der Waals surface area contributed by atoms with E-state index >= 15 is 0 Å². The molecule has 12 heavy (non-hydrogen) atoms. The second kappa shape index (κ2) is 4.32. The molecule has 0 aliphatic carbocycles. The molecule has 3 heteroatoms. The van der Waals surface area contributed by atoms with E-state index in [1.807, 2.05) is 6.92 Å². The van der Waals surface area contributed by atoms with Gasteiger partial charge in [0, 0.05) is 11.5 Å². The van der Waals surface area contributed by atoms with Crippen LogP contribution in [0.25, 0.3) is 0 Å². The van der Waals surface area contributed by atoms with Crippen LogP contribution >= 0.6 is 7.80 Å². The normalized spacial score (nSPS) is 11.3. The van der Waals surface area contributed by atoms with Gasteiger partial charge in [0.05, 0.1) is 0 Å². The number of rotatable bonds is 3. The lowest BCUT2D eigenvalue weighted by molar-refractivity contribution is 0.592. The molecule has 0 amide bonds. The molecule has 0 saturated carbocycles. The molecule has 1 radical (unpaired) electrons. The summed E-state index contributed by atoms with van der Waals surface area (Å²) in [6.07, 6.45) is 1.58. The minimum Gasteiger partial charge on any atom is -0.282 e. The van der Waals surface area contributed by atoms with Crippen LogP contribution in [-0.4, -0.2) is 6.16 Å². The fraction of sp³-hybridized carbons (Fsp3) is 0.333. The Bertz CT molecular complexity index is 268. The SMILES string of the molecule is CCC[P](=O)c1ccc(F)cc1. The van der Waals surface area contributed by atoms with Crippen LogP contribution in [0.4, 0.5) is 4.39 Å². The maximum atomic E-state index is 12.4. The molecule has 0 heterocycles. The van der Waals surface area contributed by atoms with Crippen LogP contribution in [0.2, 0.25) is 0 Å². The third kappa shape index (κ3) is 2.38. The van der Waals surface area contributed by atoms with Crippen molar-refractivity contribution in [2.45, 2.75) is 13.3 Å². The first-order valence-electron chi connectivity index (χ1n) is 3.94. The van der Waals surface area contributed by atoms with Crippen LogP contribution < -0.4 is 5.30 Å². The van der Waals surface area contributed by atoms with Crippen LogP contribution in [0.3, 0.4) is 0 Å². The van der Waals surface area contributed by atoms with Gasteiger partial charge < -0.3 is 0 Å². The van der Waals surface area contributed by atoms with Gasteiger partial charge in [0.2, 0.25) is 0 Å². The fourth-order valence-corrected chi connectivity index (χ4v) is 2.09. The lowest BCUT2D eigenvalue weighted by Gasteiger charge is -1.97. The zero-order valence-corrected chi connectivity index (χ0v) is 7.85. The van der Waals surface area contributed by atoms with Gasteiger partial charge in [-0.3, -0.25) is 4.57 Å². The summed E-state index contributed by atoms with van der Waals surface area (Å²) < 4.78 is 23.8. The number of benzene rings is 1. The Labute approximate surface area is 72.4 Å². The molecule has 0 saturated heterocycles. The molecule has 1 nitrogen and oxygen atoms in total. The van der Waals surface area contributed by atoms with Gasteiger partial charge in [0.1, 0.15) is 13.6 Å². The standard InChI is InChI=1S/C9H11FOP/c1-2-7-12(11)9-5-3-8(10)4-6-9/h3-6H,2,7H2,1H3. The Morgan fingerprint density at radius 2 is 1.92 bits per heavy atom. The van der Waals surface area contributed by atoms with Crippen molar-refractivity contribution in [2.75, 3.05) is 6.16 Å². The van der Waals surface area contributed by atoms with Crippen molar-refractivity contribution in [3.8, 4) is 0 Å². The van der Waals surface area contributed by atoms with E-state index in [1.165, 1.54) is 12.1 Å². The Hall–Kier alpha value is -0.750. The smallest absolute Gasteiger partial charge is 0.123 e. The molecule has 0 aliphatic rings. The quantitative estimate of drug-likeness (QED) is 0.661. The minimum absolute atomic E-state index is 0.279. The van der Waals surface area contributed by atoms with E-state index in [-0.39, 0.29) is 5.82 Å². The number of halogens is 1. The monoisotopic (exact) mass is 185 g/mol. The van der Waals surface area contributed by atoms with Gasteiger partial charge in [-0.15, -0.1) is 0 Å². The van der Waals surface area contributed by atoms with Gasteiger partial charge in [0.15, 0.2) is 0 Å². The first kappa shape index (κ1) is 9.34. The van der Waals surface area contributed by atoms with Gasteiger partial charge >= 0.3 is 0 Å². The molecular weight excluding hydrogens is 174 g/mol. The van der Waals surface area contributed by atoms with Crippen molar-refractivity contribution in [3.63, 3.8) is 0 Å². The molecule has 65 valence electrons. The van der Waals surface area contributed by atoms with E-state index in [2.05, 4.69) is 0 Å². The van der Waals surface area contributed by atoms with Crippen molar-refractivity contribution in [2.24, 2.45) is 0 Å². The molecule has 0 aliphatic heterocycles. The van der Waals surface area contributed by atoms with Gasteiger partial charge in [-0.25, -0.2) is 4.39 Å². The first-order chi connectivity index (χ1) is 5.74. The zero-order valence-electron chi connectivity index (χ0n) is 6.96. The predicted molar refractivity (Wildman–Crippen MR) is 48.8 cm³/mol. The summed E-state index contributed by atoms with van der Waals surface area (Å²) in [5.74, 6) is -0.279. The van der Waals surface area contributed by atoms with Crippen molar-refractivity contribution < 1.29 is 8.96 Å². The van der Waals surface area contributed by atoms with E-state index in [1.54, 1.807) is 12.1 Å². The lowest BCUT2D eigenvalue weighted by atomic mass is 10.4. The van der Waals surface area contributed by atoms with Gasteiger partial charge in [-0.2, -0.15) is 0 Å². The summed E-state index contributed by atoms with van der Waals surface area (Å²) in [7, 11) is -1.30.